The topological polar surface area (TPSA) is 103 Å². The van der Waals surface area contributed by atoms with E-state index in [2.05, 4.69) is 5.32 Å². The van der Waals surface area contributed by atoms with Gasteiger partial charge in [-0.05, 0) is 42.2 Å². The second-order valence-corrected chi connectivity index (χ2v) is 6.89. The van der Waals surface area contributed by atoms with E-state index in [-0.39, 0.29) is 24.3 Å². The van der Waals surface area contributed by atoms with E-state index in [1.807, 2.05) is 48.5 Å². The van der Waals surface area contributed by atoms with Crippen LogP contribution < -0.4 is 10.1 Å². The van der Waals surface area contributed by atoms with Crippen LogP contribution in [0.15, 0.2) is 48.5 Å². The van der Waals surface area contributed by atoms with Gasteiger partial charge in [0, 0.05) is 18.1 Å². The standard InChI is InChI=1S/C21H24N2O4/c1-13(22)14-2-4-15(5-3-14)16-6-8-19(9-7-16)27-12-18-10-17(11-20(24)25)21(26)23-18/h2-9,17-18,20,22,24-25H,10-12H2,1H3,(H,23,26)/t17-,18?/m0/s1. The molecule has 1 aliphatic rings. The van der Waals surface area contributed by atoms with Crippen molar-refractivity contribution in [3.8, 4) is 16.9 Å². The van der Waals surface area contributed by atoms with Crippen molar-refractivity contribution in [3.05, 3.63) is 54.1 Å². The first-order chi connectivity index (χ1) is 12.9. The van der Waals surface area contributed by atoms with Crippen LogP contribution in [0.2, 0.25) is 0 Å². The minimum Gasteiger partial charge on any atom is -0.491 e. The summed E-state index contributed by atoms with van der Waals surface area (Å²) >= 11 is 0. The number of nitrogens with one attached hydrogen (secondary N) is 2. The summed E-state index contributed by atoms with van der Waals surface area (Å²) in [4.78, 5) is 11.8. The molecule has 0 aliphatic carbocycles. The minimum atomic E-state index is -1.47. The van der Waals surface area contributed by atoms with E-state index in [4.69, 9.17) is 20.4 Å². The highest BCUT2D eigenvalue weighted by Gasteiger charge is 2.33. The van der Waals surface area contributed by atoms with Gasteiger partial charge in [-0.15, -0.1) is 0 Å². The zero-order chi connectivity index (χ0) is 19.4. The highest BCUT2D eigenvalue weighted by Crippen LogP contribution is 2.24. The van der Waals surface area contributed by atoms with Crippen molar-refractivity contribution in [2.75, 3.05) is 6.61 Å². The van der Waals surface area contributed by atoms with Gasteiger partial charge in [-0.3, -0.25) is 4.79 Å². The van der Waals surface area contributed by atoms with E-state index < -0.39 is 6.29 Å². The maximum Gasteiger partial charge on any atom is 0.223 e. The van der Waals surface area contributed by atoms with E-state index in [0.717, 1.165) is 16.7 Å². The maximum atomic E-state index is 11.8. The number of rotatable bonds is 7. The predicted molar refractivity (Wildman–Crippen MR) is 103 cm³/mol. The summed E-state index contributed by atoms with van der Waals surface area (Å²) in [6, 6.07) is 15.4. The van der Waals surface area contributed by atoms with Gasteiger partial charge in [0.1, 0.15) is 12.4 Å². The van der Waals surface area contributed by atoms with Crippen molar-refractivity contribution in [1.29, 1.82) is 5.41 Å². The second kappa shape index (κ2) is 8.33. The first kappa shape index (κ1) is 19.1. The number of hydrogen-bond donors (Lipinski definition) is 4. The molecule has 1 fully saturated rings. The van der Waals surface area contributed by atoms with Crippen LogP contribution in [-0.2, 0) is 4.79 Å². The zero-order valence-corrected chi connectivity index (χ0v) is 15.2. The normalized spacial score (nSPS) is 19.2. The molecule has 4 N–H and O–H groups in total. The Morgan fingerprint density at radius 1 is 1.15 bits per heavy atom. The predicted octanol–water partition coefficient (Wildman–Crippen LogP) is 2.33. The number of carbonyl (C=O) groups is 1. The Morgan fingerprint density at radius 2 is 1.74 bits per heavy atom. The molecule has 6 heteroatoms. The lowest BCUT2D eigenvalue weighted by atomic mass is 10.0. The van der Waals surface area contributed by atoms with Crippen LogP contribution in [0.4, 0.5) is 0 Å². The van der Waals surface area contributed by atoms with Crippen LogP contribution in [0.25, 0.3) is 11.1 Å². The molecule has 1 unspecified atom stereocenters. The number of aliphatic hydroxyl groups excluding tert-OH is 1. The fraction of sp³-hybridized carbons (Fsp3) is 0.333. The van der Waals surface area contributed by atoms with Crippen molar-refractivity contribution in [2.24, 2.45) is 5.92 Å². The Labute approximate surface area is 158 Å². The van der Waals surface area contributed by atoms with Gasteiger partial charge in [-0.25, -0.2) is 0 Å². The molecule has 2 aromatic rings. The van der Waals surface area contributed by atoms with Gasteiger partial charge in [0.25, 0.3) is 0 Å². The number of aliphatic hydroxyl groups is 2. The van der Waals surface area contributed by atoms with E-state index in [1.165, 1.54) is 0 Å². The van der Waals surface area contributed by atoms with E-state index >= 15 is 0 Å². The van der Waals surface area contributed by atoms with Crippen molar-refractivity contribution in [2.45, 2.75) is 32.1 Å². The van der Waals surface area contributed by atoms with Gasteiger partial charge < -0.3 is 25.7 Å². The van der Waals surface area contributed by atoms with Gasteiger partial charge in [-0.2, -0.15) is 0 Å². The highest BCUT2D eigenvalue weighted by molar-refractivity contribution is 5.96. The van der Waals surface area contributed by atoms with Gasteiger partial charge >= 0.3 is 0 Å². The fourth-order valence-electron chi connectivity index (χ4n) is 3.25. The number of amides is 1. The summed E-state index contributed by atoms with van der Waals surface area (Å²) in [6.07, 6.45) is -0.884. The molecule has 142 valence electrons. The van der Waals surface area contributed by atoms with Gasteiger partial charge in [0.15, 0.2) is 6.29 Å². The molecule has 0 aromatic heterocycles. The van der Waals surface area contributed by atoms with Gasteiger partial charge in [0.2, 0.25) is 5.91 Å². The third-order valence-electron chi connectivity index (χ3n) is 4.74. The summed E-state index contributed by atoms with van der Waals surface area (Å²) in [5, 5.41) is 28.5. The molecule has 1 heterocycles. The van der Waals surface area contributed by atoms with Crippen LogP contribution in [0.5, 0.6) is 5.75 Å². The van der Waals surface area contributed by atoms with Crippen molar-refractivity contribution in [3.63, 3.8) is 0 Å². The van der Waals surface area contributed by atoms with Crippen LogP contribution in [-0.4, -0.2) is 40.8 Å². The van der Waals surface area contributed by atoms with Crippen molar-refractivity contribution in [1.82, 2.24) is 5.32 Å². The number of carbonyl (C=O) groups excluding carboxylic acids is 1. The minimum absolute atomic E-state index is 0.0489. The Kier molecular flexibility index (Phi) is 5.88. The first-order valence-electron chi connectivity index (χ1n) is 8.97. The SMILES string of the molecule is CC(=N)c1ccc(-c2ccc(OCC3C[C@@H](CC(O)O)C(=O)N3)cc2)cc1. The molecule has 0 spiro atoms. The first-order valence-corrected chi connectivity index (χ1v) is 8.97. The molecule has 1 aliphatic heterocycles. The number of benzene rings is 2. The summed E-state index contributed by atoms with van der Waals surface area (Å²) < 4.78 is 5.77. The third-order valence-corrected chi connectivity index (χ3v) is 4.74. The second-order valence-electron chi connectivity index (χ2n) is 6.89. The number of ether oxygens (including phenoxy) is 1. The monoisotopic (exact) mass is 368 g/mol. The Morgan fingerprint density at radius 3 is 2.30 bits per heavy atom. The molecule has 0 radical (unpaired) electrons. The van der Waals surface area contributed by atoms with Crippen LogP contribution in [0.3, 0.4) is 0 Å². The average molecular weight is 368 g/mol. The summed E-state index contributed by atoms with van der Waals surface area (Å²) in [7, 11) is 0. The molecular formula is C21H24N2O4. The number of hydrogen-bond acceptors (Lipinski definition) is 5. The molecule has 1 saturated heterocycles. The molecular weight excluding hydrogens is 344 g/mol. The molecule has 3 rings (SSSR count). The molecule has 0 bridgehead atoms. The average Bonchev–Trinajstić information content (AvgIpc) is 2.99. The zero-order valence-electron chi connectivity index (χ0n) is 15.2. The lowest BCUT2D eigenvalue weighted by Crippen LogP contribution is -2.31. The molecule has 2 atom stereocenters. The van der Waals surface area contributed by atoms with Crippen LogP contribution >= 0.6 is 0 Å². The maximum absolute atomic E-state index is 11.8. The fourth-order valence-corrected chi connectivity index (χ4v) is 3.25. The highest BCUT2D eigenvalue weighted by atomic mass is 16.5. The smallest absolute Gasteiger partial charge is 0.223 e. The summed E-state index contributed by atoms with van der Waals surface area (Å²) in [6.45, 7) is 2.11. The molecule has 0 saturated carbocycles. The Hall–Kier alpha value is -2.70. The van der Waals surface area contributed by atoms with Gasteiger partial charge in [0.05, 0.1) is 6.04 Å². The van der Waals surface area contributed by atoms with E-state index in [9.17, 15) is 4.79 Å². The molecule has 27 heavy (non-hydrogen) atoms. The molecule has 6 nitrogen and oxygen atoms in total. The third kappa shape index (κ3) is 4.93. The molecule has 1 amide bonds. The Bertz CT molecular complexity index is 800. The van der Waals surface area contributed by atoms with Gasteiger partial charge in [-0.1, -0.05) is 36.4 Å². The summed E-state index contributed by atoms with van der Waals surface area (Å²) in [5.74, 6) is 0.176. The largest absolute Gasteiger partial charge is 0.491 e. The Balaban J connectivity index is 1.55. The quantitative estimate of drug-likeness (QED) is 0.445. The van der Waals surface area contributed by atoms with Crippen LogP contribution in [0.1, 0.15) is 25.3 Å². The van der Waals surface area contributed by atoms with Crippen molar-refractivity contribution < 1.29 is 19.7 Å². The molecule has 2 aromatic carbocycles. The van der Waals surface area contributed by atoms with E-state index in [1.54, 1.807) is 6.92 Å². The lowest BCUT2D eigenvalue weighted by Gasteiger charge is -2.13. The van der Waals surface area contributed by atoms with E-state index in [0.29, 0.717) is 24.5 Å². The summed E-state index contributed by atoms with van der Waals surface area (Å²) in [5.41, 5.74) is 3.58. The van der Waals surface area contributed by atoms with Crippen molar-refractivity contribution >= 4 is 11.6 Å². The lowest BCUT2D eigenvalue weighted by molar-refractivity contribution is -0.126. The van der Waals surface area contributed by atoms with Crippen LogP contribution in [0, 0.1) is 11.3 Å².